The molecule has 0 saturated carbocycles. The van der Waals surface area contributed by atoms with Crippen molar-refractivity contribution in [3.8, 4) is 11.1 Å². The van der Waals surface area contributed by atoms with E-state index in [2.05, 4.69) is 30.1 Å². The summed E-state index contributed by atoms with van der Waals surface area (Å²) in [6.45, 7) is 2.51. The summed E-state index contributed by atoms with van der Waals surface area (Å²) in [5, 5.41) is 19.5. The van der Waals surface area contributed by atoms with E-state index in [1.807, 2.05) is 54.6 Å². The number of hydrogen-bond donors (Lipinski definition) is 3. The third-order valence-corrected chi connectivity index (χ3v) is 8.33. The molecule has 1 aliphatic heterocycles. The van der Waals surface area contributed by atoms with Crippen molar-refractivity contribution in [2.75, 3.05) is 5.75 Å². The fourth-order valence-corrected chi connectivity index (χ4v) is 6.09. The molecule has 1 saturated heterocycles. The number of rotatable bonds is 9. The van der Waals surface area contributed by atoms with E-state index in [9.17, 15) is 15.0 Å². The molecule has 3 aromatic carbocycles. The van der Waals surface area contributed by atoms with Gasteiger partial charge in [-0.2, -0.15) is 0 Å². The number of benzene rings is 3. The number of nitrogens with zero attached hydrogens (tertiary/aromatic N) is 1. The van der Waals surface area contributed by atoms with Crippen LogP contribution < -0.4 is 5.73 Å². The van der Waals surface area contributed by atoms with Crippen molar-refractivity contribution in [2.45, 2.75) is 43.6 Å². The zero-order valence-corrected chi connectivity index (χ0v) is 23.0. The second-order valence-electron chi connectivity index (χ2n) is 9.78. The first kappa shape index (κ1) is 28.0. The number of thioether (sulfide) groups is 1. The van der Waals surface area contributed by atoms with E-state index in [1.165, 1.54) is 11.8 Å². The highest BCUT2D eigenvalue weighted by Gasteiger charge is 2.38. The van der Waals surface area contributed by atoms with Crippen LogP contribution in [0.1, 0.15) is 51.9 Å². The van der Waals surface area contributed by atoms with Gasteiger partial charge in [0.25, 0.3) is 0 Å². The molecule has 8 heteroatoms. The van der Waals surface area contributed by atoms with Gasteiger partial charge >= 0.3 is 5.97 Å². The van der Waals surface area contributed by atoms with E-state index >= 15 is 0 Å². The van der Waals surface area contributed by atoms with Gasteiger partial charge in [-0.25, -0.2) is 9.78 Å². The van der Waals surface area contributed by atoms with Crippen molar-refractivity contribution in [3.05, 3.63) is 119 Å². The molecule has 0 aliphatic carbocycles. The molecule has 2 heterocycles. The van der Waals surface area contributed by atoms with Crippen LogP contribution >= 0.6 is 11.8 Å². The average molecular weight is 557 g/mol. The minimum absolute atomic E-state index is 0.0258. The minimum atomic E-state index is -1.01. The smallest absolute Gasteiger partial charge is 0.338 e. The Labute approximate surface area is 238 Å². The van der Waals surface area contributed by atoms with Crippen molar-refractivity contribution in [2.24, 2.45) is 11.7 Å². The Bertz CT molecular complexity index is 1440. The van der Waals surface area contributed by atoms with E-state index in [4.69, 9.17) is 15.2 Å². The Morgan fingerprint density at radius 1 is 0.950 bits per heavy atom. The molecular formula is C32H32N2O5S. The SMILES string of the molecule is C[C@H]1[C@@H](CSc2ncccc2C(=O)O)O[C@@H](c2ccc(-c3ccccc3CN)cc2)O[C@H]1c1ccc(CO)cc1. The summed E-state index contributed by atoms with van der Waals surface area (Å²) in [5.74, 6) is -0.533. The highest BCUT2D eigenvalue weighted by atomic mass is 32.2. The van der Waals surface area contributed by atoms with Gasteiger partial charge in [0.05, 0.1) is 24.4 Å². The van der Waals surface area contributed by atoms with Gasteiger partial charge in [-0.05, 0) is 39.9 Å². The van der Waals surface area contributed by atoms with Crippen LogP contribution in [0.3, 0.4) is 0 Å². The number of carboxylic acid groups (broad SMARTS) is 1. The van der Waals surface area contributed by atoms with Gasteiger partial charge in [0.1, 0.15) is 5.03 Å². The van der Waals surface area contributed by atoms with Crippen LogP contribution in [-0.2, 0) is 22.6 Å². The van der Waals surface area contributed by atoms with Crippen LogP contribution in [0.25, 0.3) is 11.1 Å². The first-order valence-electron chi connectivity index (χ1n) is 13.2. The fourth-order valence-electron chi connectivity index (χ4n) is 4.94. The normalized spacial score (nSPS) is 20.8. The van der Waals surface area contributed by atoms with Crippen molar-refractivity contribution < 1.29 is 24.5 Å². The lowest BCUT2D eigenvalue weighted by Gasteiger charge is -2.41. The topological polar surface area (TPSA) is 115 Å². The standard InChI is InChI=1S/C32H32N2O5S/c1-20-28(19-40-30-27(31(36)37)7-4-16-34-30)38-32(39-29(20)23-10-8-21(18-35)9-11-23)24-14-12-22(13-15-24)26-6-3-2-5-25(26)17-33/h2-16,20,28-29,32,35H,17-19,33H2,1H3,(H,36,37)/t20-,28+,29+,32+/m0/s1. The van der Waals surface area contributed by atoms with Gasteiger partial charge in [-0.1, -0.05) is 79.7 Å². The van der Waals surface area contributed by atoms with E-state index in [0.29, 0.717) is 17.3 Å². The van der Waals surface area contributed by atoms with Crippen LogP contribution in [0, 0.1) is 5.92 Å². The van der Waals surface area contributed by atoms with Crippen molar-refractivity contribution in [3.63, 3.8) is 0 Å². The van der Waals surface area contributed by atoms with Gasteiger partial charge in [-0.15, -0.1) is 11.8 Å². The molecule has 4 atom stereocenters. The fraction of sp³-hybridized carbons (Fsp3) is 0.250. The highest BCUT2D eigenvalue weighted by Crippen LogP contribution is 2.43. The molecule has 1 aromatic heterocycles. The lowest BCUT2D eigenvalue weighted by Crippen LogP contribution is -2.38. The maximum absolute atomic E-state index is 11.7. The van der Waals surface area contributed by atoms with Crippen molar-refractivity contribution in [1.82, 2.24) is 4.98 Å². The summed E-state index contributed by atoms with van der Waals surface area (Å²) >= 11 is 1.37. The number of aliphatic hydroxyl groups excluding tert-OH is 1. The monoisotopic (exact) mass is 556 g/mol. The summed E-state index contributed by atoms with van der Waals surface area (Å²) in [7, 11) is 0. The highest BCUT2D eigenvalue weighted by molar-refractivity contribution is 7.99. The van der Waals surface area contributed by atoms with Crippen molar-refractivity contribution in [1.29, 1.82) is 0 Å². The van der Waals surface area contributed by atoms with Crippen LogP contribution in [-0.4, -0.2) is 33.0 Å². The first-order chi connectivity index (χ1) is 19.5. The van der Waals surface area contributed by atoms with Gasteiger partial charge in [0, 0.05) is 30.0 Å². The summed E-state index contributed by atoms with van der Waals surface area (Å²) in [4.78, 5) is 16.0. The molecule has 5 rings (SSSR count). The Morgan fingerprint density at radius 2 is 1.68 bits per heavy atom. The molecule has 4 N–H and O–H groups in total. The Hall–Kier alpha value is -3.53. The molecule has 0 spiro atoms. The van der Waals surface area contributed by atoms with E-state index < -0.39 is 12.3 Å². The number of carboxylic acids is 1. The second-order valence-corrected chi connectivity index (χ2v) is 10.8. The largest absolute Gasteiger partial charge is 0.478 e. The summed E-state index contributed by atoms with van der Waals surface area (Å²) in [6, 6.07) is 27.2. The molecule has 0 radical (unpaired) electrons. The number of ether oxygens (including phenoxy) is 2. The molecule has 206 valence electrons. The number of aliphatic hydroxyl groups is 1. The minimum Gasteiger partial charge on any atom is -0.478 e. The first-order valence-corrected chi connectivity index (χ1v) is 14.2. The number of carbonyl (C=O) groups is 1. The molecule has 4 aromatic rings. The Kier molecular flexibility index (Phi) is 8.94. The lowest BCUT2D eigenvalue weighted by atomic mass is 9.91. The molecule has 1 fully saturated rings. The van der Waals surface area contributed by atoms with Gasteiger partial charge in [0.15, 0.2) is 6.29 Å². The molecule has 1 aliphatic rings. The van der Waals surface area contributed by atoms with Crippen molar-refractivity contribution >= 4 is 17.7 Å². The quantitative estimate of drug-likeness (QED) is 0.216. The predicted octanol–water partition coefficient (Wildman–Crippen LogP) is 5.98. The molecule has 0 amide bonds. The van der Waals surface area contributed by atoms with Crippen LogP contribution in [0.2, 0.25) is 0 Å². The number of nitrogens with two attached hydrogens (primary N) is 1. The maximum Gasteiger partial charge on any atom is 0.338 e. The zero-order valence-electron chi connectivity index (χ0n) is 22.1. The average Bonchev–Trinajstić information content (AvgIpc) is 3.00. The van der Waals surface area contributed by atoms with Gasteiger partial charge < -0.3 is 25.4 Å². The van der Waals surface area contributed by atoms with Crippen LogP contribution in [0.4, 0.5) is 0 Å². The van der Waals surface area contributed by atoms with Gasteiger partial charge in [-0.3, -0.25) is 0 Å². The van der Waals surface area contributed by atoms with Crippen LogP contribution in [0.15, 0.2) is 96.2 Å². The van der Waals surface area contributed by atoms with Gasteiger partial charge in [0.2, 0.25) is 0 Å². The predicted molar refractivity (Wildman–Crippen MR) is 155 cm³/mol. The summed E-state index contributed by atoms with van der Waals surface area (Å²) in [6.07, 6.45) is 0.470. The summed E-state index contributed by atoms with van der Waals surface area (Å²) in [5.41, 5.74) is 12.1. The second kappa shape index (κ2) is 12.8. The molecular weight excluding hydrogens is 524 g/mol. The van der Waals surface area contributed by atoms with E-state index in [0.717, 1.165) is 33.4 Å². The molecule has 7 nitrogen and oxygen atoms in total. The molecule has 0 bridgehead atoms. The molecule has 40 heavy (non-hydrogen) atoms. The lowest BCUT2D eigenvalue weighted by molar-refractivity contribution is -0.268. The third kappa shape index (κ3) is 6.11. The van der Waals surface area contributed by atoms with Crippen LogP contribution in [0.5, 0.6) is 0 Å². The summed E-state index contributed by atoms with van der Waals surface area (Å²) < 4.78 is 13.1. The Morgan fingerprint density at radius 3 is 2.38 bits per heavy atom. The number of hydrogen-bond acceptors (Lipinski definition) is 7. The number of pyridine rings is 1. The van der Waals surface area contributed by atoms with E-state index in [-0.39, 0.29) is 30.3 Å². The zero-order chi connectivity index (χ0) is 28.1. The Balaban J connectivity index is 1.42. The molecule has 0 unspecified atom stereocenters. The maximum atomic E-state index is 11.7. The number of aromatic nitrogens is 1. The van der Waals surface area contributed by atoms with E-state index in [1.54, 1.807) is 18.3 Å². The third-order valence-electron chi connectivity index (χ3n) is 7.24. The number of aromatic carboxylic acids is 1.